The molecule has 2 fully saturated rings. The highest BCUT2D eigenvalue weighted by Crippen LogP contribution is 2.31. The minimum atomic E-state index is -0.102. The fourth-order valence-corrected chi connectivity index (χ4v) is 3.75. The van der Waals surface area contributed by atoms with E-state index in [-0.39, 0.29) is 11.2 Å². The Kier molecular flexibility index (Phi) is 6.57. The van der Waals surface area contributed by atoms with Gasteiger partial charge in [0, 0.05) is 37.5 Å². The average Bonchev–Trinajstić information content (AvgIpc) is 3.61. The number of nitrogens with one attached hydrogen (secondary N) is 1. The van der Waals surface area contributed by atoms with Gasteiger partial charge in [-0.3, -0.25) is 4.79 Å². The van der Waals surface area contributed by atoms with Crippen LogP contribution in [0.1, 0.15) is 36.0 Å². The molecule has 7 nitrogen and oxygen atoms in total. The normalized spacial score (nSPS) is 16.9. The molecule has 1 N–H and O–H groups in total. The third kappa shape index (κ3) is 5.53. The molecule has 0 radical (unpaired) electrons. The summed E-state index contributed by atoms with van der Waals surface area (Å²) in [6.45, 7) is 3.11. The first-order valence-electron chi connectivity index (χ1n) is 10.4. The van der Waals surface area contributed by atoms with Gasteiger partial charge in [-0.1, -0.05) is 0 Å². The molecule has 2 aromatic rings. The molecule has 1 aliphatic carbocycles. The van der Waals surface area contributed by atoms with E-state index >= 15 is 0 Å². The predicted molar refractivity (Wildman–Crippen MR) is 116 cm³/mol. The van der Waals surface area contributed by atoms with Gasteiger partial charge in [-0.05, 0) is 67.3 Å². The van der Waals surface area contributed by atoms with E-state index < -0.39 is 0 Å². The number of ether oxygens (including phenoxy) is 2. The van der Waals surface area contributed by atoms with E-state index in [1.165, 1.54) is 12.8 Å². The second-order valence-corrected chi connectivity index (χ2v) is 8.31. The molecule has 160 valence electrons. The quantitative estimate of drug-likeness (QED) is 0.645. The highest BCUT2D eigenvalue weighted by molar-refractivity contribution is 6.28. The number of methoxy groups -OCH3 is 1. The highest BCUT2D eigenvalue weighted by atomic mass is 35.5. The van der Waals surface area contributed by atoms with E-state index in [4.69, 9.17) is 21.1 Å². The fourth-order valence-electron chi connectivity index (χ4n) is 3.61. The first-order valence-corrected chi connectivity index (χ1v) is 10.8. The molecule has 2 heterocycles. The summed E-state index contributed by atoms with van der Waals surface area (Å²) < 4.78 is 11.2. The first-order chi connectivity index (χ1) is 14.6. The minimum absolute atomic E-state index is 0.102. The number of benzene rings is 1. The number of rotatable bonds is 8. The smallest absolute Gasteiger partial charge is 0.251 e. The number of amides is 1. The van der Waals surface area contributed by atoms with Crippen molar-refractivity contribution in [2.75, 3.05) is 38.3 Å². The Morgan fingerprint density at radius 2 is 1.93 bits per heavy atom. The molecule has 0 atom stereocenters. The Hall–Kier alpha value is -2.54. The second-order valence-electron chi connectivity index (χ2n) is 7.98. The zero-order valence-electron chi connectivity index (χ0n) is 17.1. The van der Waals surface area contributed by atoms with Crippen molar-refractivity contribution in [3.63, 3.8) is 0 Å². The molecule has 1 saturated heterocycles. The molecule has 1 aliphatic heterocycles. The van der Waals surface area contributed by atoms with Crippen molar-refractivity contribution in [1.29, 1.82) is 0 Å². The Morgan fingerprint density at radius 3 is 2.63 bits per heavy atom. The number of nitrogens with zero attached hydrogens (tertiary/aromatic N) is 3. The number of hydrogen-bond donors (Lipinski definition) is 1. The van der Waals surface area contributed by atoms with Crippen LogP contribution in [0.5, 0.6) is 11.5 Å². The maximum absolute atomic E-state index is 12.7. The Morgan fingerprint density at radius 1 is 1.17 bits per heavy atom. The van der Waals surface area contributed by atoms with Crippen molar-refractivity contribution in [3.8, 4) is 11.5 Å². The largest absolute Gasteiger partial charge is 0.497 e. The molecule has 30 heavy (non-hydrogen) atoms. The molecular weight excluding hydrogens is 404 g/mol. The summed E-state index contributed by atoms with van der Waals surface area (Å²) in [5.74, 6) is 3.15. The van der Waals surface area contributed by atoms with E-state index in [1.807, 2.05) is 12.1 Å². The van der Waals surface area contributed by atoms with Gasteiger partial charge in [0.05, 0.1) is 13.7 Å². The van der Waals surface area contributed by atoms with E-state index in [9.17, 15) is 4.79 Å². The van der Waals surface area contributed by atoms with Crippen molar-refractivity contribution in [1.82, 2.24) is 15.3 Å². The molecule has 1 amide bonds. The maximum Gasteiger partial charge on any atom is 0.251 e. The van der Waals surface area contributed by atoms with Gasteiger partial charge in [0.25, 0.3) is 5.91 Å². The van der Waals surface area contributed by atoms with Gasteiger partial charge >= 0.3 is 0 Å². The monoisotopic (exact) mass is 430 g/mol. The average molecular weight is 431 g/mol. The summed E-state index contributed by atoms with van der Waals surface area (Å²) in [6, 6.07) is 7.25. The maximum atomic E-state index is 12.7. The lowest BCUT2D eigenvalue weighted by Crippen LogP contribution is -2.39. The third-order valence-corrected chi connectivity index (χ3v) is 5.84. The van der Waals surface area contributed by atoms with Gasteiger partial charge < -0.3 is 19.7 Å². The van der Waals surface area contributed by atoms with E-state index in [0.29, 0.717) is 42.0 Å². The van der Waals surface area contributed by atoms with E-state index in [0.717, 1.165) is 31.7 Å². The zero-order valence-corrected chi connectivity index (χ0v) is 17.9. The van der Waals surface area contributed by atoms with Crippen LogP contribution in [-0.2, 0) is 0 Å². The number of carbonyl (C=O) groups excluding carboxylic acids is 1. The molecule has 0 spiro atoms. The van der Waals surface area contributed by atoms with Crippen LogP contribution in [-0.4, -0.2) is 49.2 Å². The fraction of sp³-hybridized carbons (Fsp3) is 0.500. The molecule has 2 aliphatic rings. The standard InChI is InChI=1S/C22H27ClN4O3/c1-29-18-10-17(11-19(12-18)30-14-16-2-3-16)21(28)25-13-15-5-8-27(9-6-15)20-4-7-24-22(23)26-20/h4,7,10-12,15-16H,2-3,5-6,8-9,13-14H2,1H3,(H,25,28). The van der Waals surface area contributed by atoms with Crippen LogP contribution in [0.3, 0.4) is 0 Å². The highest BCUT2D eigenvalue weighted by Gasteiger charge is 2.23. The van der Waals surface area contributed by atoms with Gasteiger partial charge in [0.2, 0.25) is 5.28 Å². The molecule has 0 bridgehead atoms. The molecule has 4 rings (SSSR count). The van der Waals surface area contributed by atoms with Crippen molar-refractivity contribution in [2.45, 2.75) is 25.7 Å². The SMILES string of the molecule is COc1cc(OCC2CC2)cc(C(=O)NCC2CCN(c3ccnc(Cl)n3)CC2)c1. The summed E-state index contributed by atoms with van der Waals surface area (Å²) in [6.07, 6.45) is 6.08. The van der Waals surface area contributed by atoms with Crippen LogP contribution in [0.2, 0.25) is 5.28 Å². The van der Waals surface area contributed by atoms with Gasteiger partial charge in [-0.25, -0.2) is 9.97 Å². The lowest BCUT2D eigenvalue weighted by molar-refractivity contribution is 0.0944. The lowest BCUT2D eigenvalue weighted by Gasteiger charge is -2.32. The molecule has 0 unspecified atom stereocenters. The van der Waals surface area contributed by atoms with Crippen molar-refractivity contribution in [3.05, 3.63) is 41.3 Å². The van der Waals surface area contributed by atoms with Crippen molar-refractivity contribution >= 4 is 23.3 Å². The van der Waals surface area contributed by atoms with Crippen LogP contribution >= 0.6 is 11.6 Å². The Bertz CT molecular complexity index is 882. The van der Waals surface area contributed by atoms with Crippen LogP contribution < -0.4 is 19.7 Å². The van der Waals surface area contributed by atoms with Gasteiger partial charge in [0.1, 0.15) is 17.3 Å². The molecule has 1 saturated carbocycles. The Labute approximate surface area is 181 Å². The second kappa shape index (κ2) is 9.51. The minimum Gasteiger partial charge on any atom is -0.497 e. The summed E-state index contributed by atoms with van der Waals surface area (Å²) in [4.78, 5) is 23.1. The van der Waals surface area contributed by atoms with Crippen molar-refractivity contribution < 1.29 is 14.3 Å². The summed E-state index contributed by atoms with van der Waals surface area (Å²) >= 11 is 5.89. The summed E-state index contributed by atoms with van der Waals surface area (Å²) in [5.41, 5.74) is 0.563. The van der Waals surface area contributed by atoms with Gasteiger partial charge in [0.15, 0.2) is 0 Å². The van der Waals surface area contributed by atoms with Crippen LogP contribution in [0.4, 0.5) is 5.82 Å². The van der Waals surface area contributed by atoms with E-state index in [1.54, 1.807) is 25.4 Å². The van der Waals surface area contributed by atoms with Crippen LogP contribution in [0.15, 0.2) is 30.5 Å². The van der Waals surface area contributed by atoms with E-state index in [2.05, 4.69) is 20.2 Å². The molecule has 1 aromatic heterocycles. The number of carbonyl (C=O) groups is 1. The molecular formula is C22H27ClN4O3. The third-order valence-electron chi connectivity index (χ3n) is 5.66. The number of piperidine rings is 1. The topological polar surface area (TPSA) is 76.6 Å². The summed E-state index contributed by atoms with van der Waals surface area (Å²) in [5, 5.41) is 3.34. The number of anilines is 1. The number of halogens is 1. The van der Waals surface area contributed by atoms with Crippen molar-refractivity contribution in [2.24, 2.45) is 11.8 Å². The first kappa shape index (κ1) is 20.7. The molecule has 1 aromatic carbocycles. The molecule has 8 heteroatoms. The van der Waals surface area contributed by atoms with Gasteiger partial charge in [-0.2, -0.15) is 0 Å². The Balaban J connectivity index is 1.28. The lowest BCUT2D eigenvalue weighted by atomic mass is 9.96. The number of aromatic nitrogens is 2. The van der Waals surface area contributed by atoms with Crippen LogP contribution in [0, 0.1) is 11.8 Å². The zero-order chi connectivity index (χ0) is 20.9. The van der Waals surface area contributed by atoms with Crippen LogP contribution in [0.25, 0.3) is 0 Å². The number of hydrogen-bond acceptors (Lipinski definition) is 6. The summed E-state index contributed by atoms with van der Waals surface area (Å²) in [7, 11) is 1.60. The van der Waals surface area contributed by atoms with Gasteiger partial charge in [-0.15, -0.1) is 0 Å². The predicted octanol–water partition coefficient (Wildman–Crippen LogP) is 3.57.